The van der Waals surface area contributed by atoms with Crippen molar-refractivity contribution in [1.82, 2.24) is 0 Å². The van der Waals surface area contributed by atoms with Crippen molar-refractivity contribution in [2.24, 2.45) is 0 Å². The average Bonchev–Trinajstić information content (AvgIpc) is 2.38. The summed E-state index contributed by atoms with van der Waals surface area (Å²) in [5, 5.41) is 0.901. The molecule has 2 rings (SSSR count). The molecule has 0 saturated heterocycles. The predicted octanol–water partition coefficient (Wildman–Crippen LogP) is 6.02. The first-order valence-corrected chi connectivity index (χ1v) is 9.24. The molecular weight excluding hydrogens is 397 g/mol. The summed E-state index contributed by atoms with van der Waals surface area (Å²) in [6.07, 6.45) is 1.07. The van der Waals surface area contributed by atoms with E-state index in [1.165, 1.54) is 18.2 Å². The van der Waals surface area contributed by atoms with E-state index in [9.17, 15) is 8.42 Å². The van der Waals surface area contributed by atoms with Crippen molar-refractivity contribution in [2.75, 3.05) is 6.26 Å². The second-order valence-electron chi connectivity index (χ2n) is 4.26. The fourth-order valence-corrected chi connectivity index (χ4v) is 3.71. The van der Waals surface area contributed by atoms with E-state index in [4.69, 9.17) is 58.0 Å². The first-order valence-electron chi connectivity index (χ1n) is 5.46. The van der Waals surface area contributed by atoms with E-state index in [2.05, 4.69) is 0 Å². The summed E-state index contributed by atoms with van der Waals surface area (Å²) >= 11 is 29.9. The molecule has 21 heavy (non-hydrogen) atoms. The van der Waals surface area contributed by atoms with Gasteiger partial charge in [0.2, 0.25) is 0 Å². The highest BCUT2D eigenvalue weighted by molar-refractivity contribution is 7.90. The van der Waals surface area contributed by atoms with Crippen molar-refractivity contribution in [1.29, 1.82) is 0 Å². The Morgan fingerprint density at radius 3 is 1.90 bits per heavy atom. The van der Waals surface area contributed by atoms with Crippen LogP contribution in [0, 0.1) is 0 Å². The van der Waals surface area contributed by atoms with E-state index < -0.39 is 9.84 Å². The van der Waals surface area contributed by atoms with Crippen LogP contribution in [0.5, 0.6) is 0 Å². The third-order valence-electron chi connectivity index (χ3n) is 2.75. The highest BCUT2D eigenvalue weighted by Crippen LogP contribution is 2.42. The molecule has 0 amide bonds. The fourth-order valence-electron chi connectivity index (χ4n) is 1.78. The summed E-state index contributed by atoms with van der Waals surface area (Å²) in [6.45, 7) is 0. The lowest BCUT2D eigenvalue weighted by atomic mass is 10.1. The third kappa shape index (κ3) is 3.44. The number of benzene rings is 2. The molecule has 2 nitrogen and oxygen atoms in total. The smallest absolute Gasteiger partial charge is 0.176 e. The SMILES string of the molecule is CS(=O)(=O)c1cc(Cl)c(Cl)cc1-c1ccc(Cl)c(Cl)c1Cl. The first kappa shape index (κ1) is 17.2. The molecule has 2 aromatic carbocycles. The summed E-state index contributed by atoms with van der Waals surface area (Å²) in [7, 11) is -3.54. The fraction of sp³-hybridized carbons (Fsp3) is 0.0769. The minimum atomic E-state index is -3.54. The Morgan fingerprint density at radius 1 is 0.762 bits per heavy atom. The molecule has 0 saturated carbocycles. The average molecular weight is 405 g/mol. The van der Waals surface area contributed by atoms with Gasteiger partial charge in [0.1, 0.15) is 0 Å². The van der Waals surface area contributed by atoms with Gasteiger partial charge in [-0.1, -0.05) is 64.1 Å². The number of sulfone groups is 1. The Bertz CT molecular complexity index is 831. The Labute approximate surface area is 147 Å². The lowest BCUT2D eigenvalue weighted by Crippen LogP contribution is -2.01. The van der Waals surface area contributed by atoms with Gasteiger partial charge >= 0.3 is 0 Å². The Balaban J connectivity index is 2.87. The van der Waals surface area contributed by atoms with Gasteiger partial charge in [-0.2, -0.15) is 0 Å². The quantitative estimate of drug-likeness (QED) is 0.573. The first-order chi connectivity index (χ1) is 9.62. The molecule has 0 unspecified atom stereocenters. The number of hydrogen-bond donors (Lipinski definition) is 0. The van der Waals surface area contributed by atoms with Crippen LogP contribution in [0.4, 0.5) is 0 Å². The van der Waals surface area contributed by atoms with E-state index in [0.717, 1.165) is 6.26 Å². The zero-order valence-corrected chi connectivity index (χ0v) is 15.0. The molecule has 0 radical (unpaired) electrons. The van der Waals surface area contributed by atoms with Crippen molar-refractivity contribution < 1.29 is 8.42 Å². The van der Waals surface area contributed by atoms with Gasteiger partial charge in [-0.15, -0.1) is 0 Å². The standard InChI is InChI=1S/C13H7Cl5O2S/c1-21(19,20)11-5-10(16)9(15)4-7(11)6-2-3-8(14)13(18)12(6)17/h2-5H,1H3. The number of hydrogen-bond acceptors (Lipinski definition) is 2. The molecule has 0 aliphatic rings. The molecule has 2 aromatic rings. The molecule has 0 aromatic heterocycles. The van der Waals surface area contributed by atoms with Gasteiger partial charge in [0.25, 0.3) is 0 Å². The van der Waals surface area contributed by atoms with Crippen molar-refractivity contribution in [3.8, 4) is 11.1 Å². The van der Waals surface area contributed by atoms with Gasteiger partial charge in [-0.25, -0.2) is 8.42 Å². The molecule has 0 bridgehead atoms. The molecule has 8 heteroatoms. The molecule has 0 N–H and O–H groups in total. The monoisotopic (exact) mass is 402 g/mol. The summed E-state index contributed by atoms with van der Waals surface area (Å²) in [5.74, 6) is 0. The maximum atomic E-state index is 11.9. The van der Waals surface area contributed by atoms with Crippen molar-refractivity contribution in [2.45, 2.75) is 4.90 Å². The normalized spacial score (nSPS) is 11.7. The molecule has 0 aliphatic carbocycles. The van der Waals surface area contributed by atoms with Crippen LogP contribution in [0.25, 0.3) is 11.1 Å². The van der Waals surface area contributed by atoms with Gasteiger partial charge in [0, 0.05) is 17.4 Å². The topological polar surface area (TPSA) is 34.1 Å². The van der Waals surface area contributed by atoms with E-state index in [-0.39, 0.29) is 30.0 Å². The summed E-state index contributed by atoms with van der Waals surface area (Å²) in [4.78, 5) is 0.0113. The van der Waals surface area contributed by atoms with Crippen LogP contribution in [0.15, 0.2) is 29.2 Å². The highest BCUT2D eigenvalue weighted by atomic mass is 35.5. The number of halogens is 5. The molecule has 0 aliphatic heterocycles. The Kier molecular flexibility index (Phi) is 5.04. The van der Waals surface area contributed by atoms with Crippen molar-refractivity contribution >= 4 is 67.8 Å². The second-order valence-corrected chi connectivity index (χ2v) is 8.22. The lowest BCUT2D eigenvalue weighted by Gasteiger charge is -2.13. The number of rotatable bonds is 2. The van der Waals surface area contributed by atoms with E-state index in [0.29, 0.717) is 11.1 Å². The van der Waals surface area contributed by atoms with Gasteiger partial charge in [0.15, 0.2) is 9.84 Å². The summed E-state index contributed by atoms with van der Waals surface area (Å²) in [5.41, 5.74) is 0.723. The molecule has 0 fully saturated rings. The highest BCUT2D eigenvalue weighted by Gasteiger charge is 2.20. The van der Waals surface area contributed by atoms with Crippen molar-refractivity contribution in [3.05, 3.63) is 49.4 Å². The Morgan fingerprint density at radius 2 is 1.33 bits per heavy atom. The summed E-state index contributed by atoms with van der Waals surface area (Å²) < 4.78 is 23.9. The maximum absolute atomic E-state index is 11.9. The van der Waals surface area contributed by atoms with Crippen LogP contribution in [0.2, 0.25) is 25.1 Å². The molecular formula is C13H7Cl5O2S. The molecule has 112 valence electrons. The van der Waals surface area contributed by atoms with Crippen LogP contribution >= 0.6 is 58.0 Å². The van der Waals surface area contributed by atoms with Crippen LogP contribution in [-0.2, 0) is 9.84 Å². The van der Waals surface area contributed by atoms with E-state index >= 15 is 0 Å². The van der Waals surface area contributed by atoms with Crippen molar-refractivity contribution in [3.63, 3.8) is 0 Å². The van der Waals surface area contributed by atoms with Crippen LogP contribution in [0.1, 0.15) is 0 Å². The molecule has 0 spiro atoms. The van der Waals surface area contributed by atoms with Gasteiger partial charge in [-0.3, -0.25) is 0 Å². The van der Waals surface area contributed by atoms with E-state index in [1.807, 2.05) is 0 Å². The second kappa shape index (κ2) is 6.15. The zero-order valence-electron chi connectivity index (χ0n) is 10.4. The minimum absolute atomic E-state index is 0.0113. The van der Waals surface area contributed by atoms with Crippen LogP contribution < -0.4 is 0 Å². The maximum Gasteiger partial charge on any atom is 0.176 e. The zero-order chi connectivity index (χ0) is 15.9. The summed E-state index contributed by atoms with van der Waals surface area (Å²) in [6, 6.07) is 5.82. The van der Waals surface area contributed by atoms with Gasteiger partial charge in [0.05, 0.1) is 30.0 Å². The minimum Gasteiger partial charge on any atom is -0.224 e. The molecule has 0 heterocycles. The lowest BCUT2D eigenvalue weighted by molar-refractivity contribution is 0.602. The predicted molar refractivity (Wildman–Crippen MR) is 90.0 cm³/mol. The van der Waals surface area contributed by atoms with Crippen LogP contribution in [-0.4, -0.2) is 14.7 Å². The van der Waals surface area contributed by atoms with Gasteiger partial charge < -0.3 is 0 Å². The third-order valence-corrected chi connectivity index (χ3v) is 5.90. The largest absolute Gasteiger partial charge is 0.224 e. The van der Waals surface area contributed by atoms with E-state index in [1.54, 1.807) is 6.07 Å². The van der Waals surface area contributed by atoms with Crippen LogP contribution in [0.3, 0.4) is 0 Å². The Hall–Kier alpha value is -0.160. The van der Waals surface area contributed by atoms with Gasteiger partial charge in [-0.05, 0) is 18.2 Å². The molecule has 0 atom stereocenters.